The molecule has 0 atom stereocenters. The van der Waals surface area contributed by atoms with Crippen molar-refractivity contribution in [3.05, 3.63) is 11.7 Å². The van der Waals surface area contributed by atoms with Crippen LogP contribution < -0.4 is 5.73 Å². The molecule has 6 heteroatoms. The Hall–Kier alpha value is -1.43. The molecule has 2 rings (SSSR count). The van der Waals surface area contributed by atoms with Crippen LogP contribution in [0.25, 0.3) is 10.7 Å². The quantitative estimate of drug-likeness (QED) is 0.696. The van der Waals surface area contributed by atoms with Crippen molar-refractivity contribution in [3.63, 3.8) is 0 Å². The van der Waals surface area contributed by atoms with Crippen molar-refractivity contribution in [1.29, 1.82) is 0 Å². The molecule has 2 aromatic rings. The number of anilines is 1. The largest absolute Gasteiger partial charge is 0.368 e. The Balaban J connectivity index is 2.48. The number of nitrogens with two attached hydrogens (primary N) is 1. The van der Waals surface area contributed by atoms with Crippen molar-refractivity contribution < 1.29 is 0 Å². The second-order valence-electron chi connectivity index (χ2n) is 2.28. The lowest BCUT2D eigenvalue weighted by Crippen LogP contribution is -1.97. The molecular formula is C6H7N5S. The predicted octanol–water partition coefficient (Wildman–Crippen LogP) is 0.521. The lowest BCUT2D eigenvalue weighted by molar-refractivity contribution is 0.781. The lowest BCUT2D eigenvalue weighted by atomic mass is 10.5. The third-order valence-electron chi connectivity index (χ3n) is 1.45. The van der Waals surface area contributed by atoms with E-state index in [1.165, 1.54) is 16.0 Å². The third kappa shape index (κ3) is 1.06. The van der Waals surface area contributed by atoms with E-state index in [1.807, 2.05) is 0 Å². The van der Waals surface area contributed by atoms with Crippen LogP contribution in [0.1, 0.15) is 0 Å². The average Bonchev–Trinajstić information content (AvgIpc) is 2.61. The molecule has 0 aliphatic heterocycles. The van der Waals surface area contributed by atoms with Crippen LogP contribution in [0.15, 0.2) is 11.7 Å². The zero-order valence-electron chi connectivity index (χ0n) is 6.43. The molecule has 2 aromatic heterocycles. The Labute approximate surface area is 72.9 Å². The summed E-state index contributed by atoms with van der Waals surface area (Å²) in [5.41, 5.74) is 7.26. The molecule has 2 N–H and O–H groups in total. The molecule has 0 saturated carbocycles. The van der Waals surface area contributed by atoms with E-state index in [-0.39, 0.29) is 0 Å². The summed E-state index contributed by atoms with van der Waals surface area (Å²) in [5, 5.41) is 4.10. The first-order chi connectivity index (χ1) is 5.77. The fourth-order valence-electron chi connectivity index (χ4n) is 0.827. The summed E-state index contributed by atoms with van der Waals surface area (Å²) in [6.45, 7) is 0. The van der Waals surface area contributed by atoms with Gasteiger partial charge >= 0.3 is 0 Å². The topological polar surface area (TPSA) is 69.6 Å². The number of hydrogen-bond donors (Lipinski definition) is 1. The molecular weight excluding hydrogens is 174 g/mol. The highest BCUT2D eigenvalue weighted by Gasteiger charge is 2.06. The van der Waals surface area contributed by atoms with Gasteiger partial charge in [0.25, 0.3) is 0 Å². The van der Waals surface area contributed by atoms with Crippen LogP contribution >= 0.6 is 11.3 Å². The molecule has 12 heavy (non-hydrogen) atoms. The number of nitrogen functional groups attached to an aromatic ring is 1. The molecule has 5 nitrogen and oxygen atoms in total. The molecule has 0 aromatic carbocycles. The molecule has 0 aliphatic carbocycles. The Kier molecular flexibility index (Phi) is 1.54. The number of aromatic nitrogens is 4. The highest BCUT2D eigenvalue weighted by molar-refractivity contribution is 7.13. The maximum atomic E-state index is 5.52. The maximum absolute atomic E-state index is 5.52. The molecule has 0 amide bonds. The van der Waals surface area contributed by atoms with Crippen LogP contribution in [-0.2, 0) is 7.05 Å². The highest BCUT2D eigenvalue weighted by atomic mass is 32.1. The zero-order valence-corrected chi connectivity index (χ0v) is 7.25. The molecule has 62 valence electrons. The highest BCUT2D eigenvalue weighted by Crippen LogP contribution is 2.19. The average molecular weight is 181 g/mol. The summed E-state index contributed by atoms with van der Waals surface area (Å²) in [4.78, 5) is 8.91. The maximum Gasteiger partial charge on any atom is 0.218 e. The van der Waals surface area contributed by atoms with Gasteiger partial charge in [-0.3, -0.25) is 4.98 Å². The second kappa shape index (κ2) is 2.56. The van der Waals surface area contributed by atoms with E-state index < -0.39 is 0 Å². The van der Waals surface area contributed by atoms with Gasteiger partial charge in [0.15, 0.2) is 5.82 Å². The smallest absolute Gasteiger partial charge is 0.218 e. The van der Waals surface area contributed by atoms with Gasteiger partial charge in [0, 0.05) is 13.2 Å². The minimum absolute atomic E-state index is 0.415. The van der Waals surface area contributed by atoms with Gasteiger partial charge in [-0.05, 0) is 0 Å². The van der Waals surface area contributed by atoms with Crippen molar-refractivity contribution in [2.45, 2.75) is 0 Å². The first-order valence-corrected chi connectivity index (χ1v) is 4.20. The fourth-order valence-corrected chi connectivity index (χ4v) is 1.38. The number of hydrogen-bond acceptors (Lipinski definition) is 5. The summed E-state index contributed by atoms with van der Waals surface area (Å²) in [6.07, 6.45) is 1.72. The molecule has 0 bridgehead atoms. The van der Waals surface area contributed by atoms with Crippen LogP contribution in [0.2, 0.25) is 0 Å². The van der Waals surface area contributed by atoms with Crippen LogP contribution in [0.5, 0.6) is 0 Å². The molecule has 0 unspecified atom stereocenters. The Morgan fingerprint density at radius 3 is 2.92 bits per heavy atom. The summed E-state index contributed by atoms with van der Waals surface area (Å²) < 4.78 is 1.54. The molecule has 0 aliphatic rings. The second-order valence-corrected chi connectivity index (χ2v) is 3.17. The van der Waals surface area contributed by atoms with Gasteiger partial charge in [-0.2, -0.15) is 4.98 Å². The summed E-state index contributed by atoms with van der Waals surface area (Å²) in [6, 6.07) is 0. The molecule has 0 fully saturated rings. The first-order valence-electron chi connectivity index (χ1n) is 3.33. The van der Waals surface area contributed by atoms with Gasteiger partial charge in [0.05, 0.1) is 10.4 Å². The van der Waals surface area contributed by atoms with E-state index in [1.54, 1.807) is 18.8 Å². The van der Waals surface area contributed by atoms with Crippen LogP contribution in [0.3, 0.4) is 0 Å². The van der Waals surface area contributed by atoms with Gasteiger partial charge in [0.1, 0.15) is 0 Å². The number of nitrogens with zero attached hydrogens (tertiary/aromatic N) is 4. The molecule has 2 heterocycles. The van der Waals surface area contributed by atoms with Crippen molar-refractivity contribution >= 4 is 17.3 Å². The standard InChI is InChI=1S/C6H7N5S/c1-11-6(7)9-5(10-11)4-2-8-3-12-4/h2-3H,1H3,(H2,7,9,10). The molecule has 0 saturated heterocycles. The Morgan fingerprint density at radius 2 is 2.42 bits per heavy atom. The van der Waals surface area contributed by atoms with Crippen molar-refractivity contribution in [1.82, 2.24) is 19.7 Å². The summed E-state index contributed by atoms with van der Waals surface area (Å²) in [5.74, 6) is 1.05. The Morgan fingerprint density at radius 1 is 1.58 bits per heavy atom. The summed E-state index contributed by atoms with van der Waals surface area (Å²) >= 11 is 1.49. The third-order valence-corrected chi connectivity index (χ3v) is 2.22. The monoisotopic (exact) mass is 181 g/mol. The molecule has 0 radical (unpaired) electrons. The van der Waals surface area contributed by atoms with E-state index in [9.17, 15) is 0 Å². The van der Waals surface area contributed by atoms with Crippen molar-refractivity contribution in [3.8, 4) is 10.7 Å². The van der Waals surface area contributed by atoms with Gasteiger partial charge in [0.2, 0.25) is 5.95 Å². The van der Waals surface area contributed by atoms with Crippen molar-refractivity contribution in [2.24, 2.45) is 7.05 Å². The minimum atomic E-state index is 0.415. The van der Waals surface area contributed by atoms with E-state index >= 15 is 0 Å². The first kappa shape index (κ1) is 7.23. The minimum Gasteiger partial charge on any atom is -0.368 e. The number of aryl methyl sites for hydroxylation is 1. The van der Waals surface area contributed by atoms with E-state index in [0.29, 0.717) is 11.8 Å². The molecule has 0 spiro atoms. The van der Waals surface area contributed by atoms with Crippen LogP contribution in [0, 0.1) is 0 Å². The fraction of sp³-hybridized carbons (Fsp3) is 0.167. The number of thiazole rings is 1. The summed E-state index contributed by atoms with van der Waals surface area (Å²) in [7, 11) is 1.76. The van der Waals surface area contributed by atoms with Crippen LogP contribution in [0.4, 0.5) is 5.95 Å². The van der Waals surface area contributed by atoms with Crippen LogP contribution in [-0.4, -0.2) is 19.7 Å². The Bertz CT molecular complexity index is 357. The van der Waals surface area contributed by atoms with Gasteiger partial charge in [-0.25, -0.2) is 4.68 Å². The van der Waals surface area contributed by atoms with Crippen molar-refractivity contribution in [2.75, 3.05) is 5.73 Å². The SMILES string of the molecule is Cn1nc(-c2cncs2)nc1N. The lowest BCUT2D eigenvalue weighted by Gasteiger charge is -1.85. The zero-order chi connectivity index (χ0) is 8.55. The predicted molar refractivity (Wildman–Crippen MR) is 46.5 cm³/mol. The normalized spacial score (nSPS) is 10.4. The van der Waals surface area contributed by atoms with E-state index in [4.69, 9.17) is 5.73 Å². The van der Waals surface area contributed by atoms with Gasteiger partial charge < -0.3 is 5.73 Å². The number of rotatable bonds is 1. The van der Waals surface area contributed by atoms with E-state index in [0.717, 1.165) is 4.88 Å². The van der Waals surface area contributed by atoms with E-state index in [2.05, 4.69) is 15.1 Å². The van der Waals surface area contributed by atoms with Gasteiger partial charge in [-0.1, -0.05) is 0 Å². The van der Waals surface area contributed by atoms with Gasteiger partial charge in [-0.15, -0.1) is 16.4 Å².